The molecule has 6 heteroatoms. The fraction of sp³-hybridized carbons (Fsp3) is 0.263. The first-order valence-corrected chi connectivity index (χ1v) is 8.19. The van der Waals surface area contributed by atoms with Crippen molar-refractivity contribution >= 4 is 23.5 Å². The minimum Gasteiger partial charge on any atom is -0.449 e. The highest BCUT2D eigenvalue weighted by Crippen LogP contribution is 2.14. The molecular weight excluding hydrogens is 342 g/mol. The number of rotatable bonds is 7. The molecule has 0 heterocycles. The molecule has 0 bridgehead atoms. The Morgan fingerprint density at radius 3 is 2.44 bits per heavy atom. The van der Waals surface area contributed by atoms with Gasteiger partial charge in [-0.2, -0.15) is 0 Å². The van der Waals surface area contributed by atoms with Gasteiger partial charge in [-0.1, -0.05) is 41.9 Å². The van der Waals surface area contributed by atoms with E-state index in [0.29, 0.717) is 17.2 Å². The molecule has 132 valence electrons. The molecule has 0 saturated carbocycles. The number of benzene rings is 2. The number of esters is 1. The number of ether oxygens (including phenoxy) is 2. The predicted octanol–water partition coefficient (Wildman–Crippen LogP) is 3.35. The Labute approximate surface area is 151 Å². The zero-order valence-corrected chi connectivity index (χ0v) is 14.9. The first kappa shape index (κ1) is 19.0. The molecule has 1 amide bonds. The molecule has 1 unspecified atom stereocenters. The Balaban J connectivity index is 1.87. The van der Waals surface area contributed by atoms with Crippen molar-refractivity contribution in [2.45, 2.75) is 26.2 Å². The van der Waals surface area contributed by atoms with Crippen molar-refractivity contribution < 1.29 is 19.1 Å². The lowest BCUT2D eigenvalue weighted by Gasteiger charge is -2.14. The minimum atomic E-state index is -0.909. The van der Waals surface area contributed by atoms with E-state index in [0.717, 1.165) is 11.1 Å². The number of halogens is 1. The van der Waals surface area contributed by atoms with Crippen molar-refractivity contribution in [1.82, 2.24) is 5.32 Å². The number of amides is 1. The fourth-order valence-electron chi connectivity index (χ4n) is 2.15. The third-order valence-corrected chi connectivity index (χ3v) is 3.93. The summed E-state index contributed by atoms with van der Waals surface area (Å²) in [6.45, 7) is 2.27. The third kappa shape index (κ3) is 5.59. The van der Waals surface area contributed by atoms with Crippen molar-refractivity contribution in [3.05, 3.63) is 70.2 Å². The molecule has 5 nitrogen and oxygen atoms in total. The maximum absolute atomic E-state index is 12.1. The van der Waals surface area contributed by atoms with E-state index in [1.807, 2.05) is 18.2 Å². The Morgan fingerprint density at radius 2 is 1.80 bits per heavy atom. The van der Waals surface area contributed by atoms with Crippen LogP contribution in [0.2, 0.25) is 5.02 Å². The molecule has 0 aliphatic heterocycles. The number of hydrogen-bond donors (Lipinski definition) is 1. The average Bonchev–Trinajstić information content (AvgIpc) is 2.61. The van der Waals surface area contributed by atoms with Crippen LogP contribution >= 0.6 is 11.6 Å². The summed E-state index contributed by atoms with van der Waals surface area (Å²) in [4.78, 5) is 24.2. The van der Waals surface area contributed by atoms with Gasteiger partial charge in [0.15, 0.2) is 6.10 Å². The topological polar surface area (TPSA) is 64.6 Å². The maximum Gasteiger partial charge on any atom is 0.338 e. The summed E-state index contributed by atoms with van der Waals surface area (Å²) in [5.41, 5.74) is 2.12. The second kappa shape index (κ2) is 9.20. The van der Waals surface area contributed by atoms with E-state index in [2.05, 4.69) is 5.32 Å². The molecule has 1 atom stereocenters. The number of methoxy groups -OCH3 is 1. The summed E-state index contributed by atoms with van der Waals surface area (Å²) in [6, 6.07) is 14.1. The summed E-state index contributed by atoms with van der Waals surface area (Å²) < 4.78 is 10.2. The van der Waals surface area contributed by atoms with Crippen molar-refractivity contribution in [2.24, 2.45) is 0 Å². The van der Waals surface area contributed by atoms with Crippen LogP contribution in [0.25, 0.3) is 0 Å². The average molecular weight is 362 g/mol. The molecule has 0 aliphatic carbocycles. The van der Waals surface area contributed by atoms with Gasteiger partial charge in [-0.25, -0.2) is 4.79 Å². The van der Waals surface area contributed by atoms with Gasteiger partial charge in [-0.05, 0) is 36.2 Å². The van der Waals surface area contributed by atoms with Crippen LogP contribution in [0.15, 0.2) is 48.5 Å². The summed E-state index contributed by atoms with van der Waals surface area (Å²) in [7, 11) is 1.60. The molecule has 2 rings (SSSR count). The lowest BCUT2D eigenvalue weighted by molar-refractivity contribution is -0.129. The smallest absolute Gasteiger partial charge is 0.338 e. The van der Waals surface area contributed by atoms with Gasteiger partial charge < -0.3 is 14.8 Å². The summed E-state index contributed by atoms with van der Waals surface area (Å²) in [5, 5.41) is 3.28. The molecule has 2 aromatic rings. The van der Waals surface area contributed by atoms with Crippen molar-refractivity contribution in [1.29, 1.82) is 0 Å². The highest BCUT2D eigenvalue weighted by atomic mass is 35.5. The summed E-state index contributed by atoms with van der Waals surface area (Å²) in [5.74, 6) is -0.936. The van der Waals surface area contributed by atoms with E-state index in [1.165, 1.54) is 6.92 Å². The van der Waals surface area contributed by atoms with Crippen molar-refractivity contribution in [2.75, 3.05) is 7.11 Å². The Kier molecular flexibility index (Phi) is 6.98. The van der Waals surface area contributed by atoms with Crippen LogP contribution in [0.1, 0.15) is 28.4 Å². The SMILES string of the molecule is COCc1ccc(C(=O)OC(C)C(=O)NCc2ccccc2Cl)cc1. The summed E-state index contributed by atoms with van der Waals surface area (Å²) >= 11 is 6.04. The van der Waals surface area contributed by atoms with E-state index in [9.17, 15) is 9.59 Å². The van der Waals surface area contributed by atoms with Gasteiger partial charge >= 0.3 is 5.97 Å². The Bertz CT molecular complexity index is 730. The first-order valence-electron chi connectivity index (χ1n) is 7.81. The van der Waals surface area contributed by atoms with Crippen LogP contribution in [-0.4, -0.2) is 25.1 Å². The van der Waals surface area contributed by atoms with Crippen LogP contribution in [0.3, 0.4) is 0 Å². The number of hydrogen-bond acceptors (Lipinski definition) is 4. The van der Waals surface area contributed by atoms with Crippen LogP contribution in [0.4, 0.5) is 0 Å². The Hall–Kier alpha value is -2.37. The quantitative estimate of drug-likeness (QED) is 0.768. The molecule has 25 heavy (non-hydrogen) atoms. The Morgan fingerprint density at radius 1 is 1.12 bits per heavy atom. The molecule has 0 fully saturated rings. The van der Waals surface area contributed by atoms with Crippen molar-refractivity contribution in [3.8, 4) is 0 Å². The van der Waals surface area contributed by atoms with Crippen LogP contribution < -0.4 is 5.32 Å². The van der Waals surface area contributed by atoms with Gasteiger partial charge in [0.25, 0.3) is 5.91 Å². The number of carbonyl (C=O) groups is 2. The van der Waals surface area contributed by atoms with E-state index in [-0.39, 0.29) is 12.5 Å². The van der Waals surface area contributed by atoms with Crippen LogP contribution in [0, 0.1) is 0 Å². The van der Waals surface area contributed by atoms with E-state index in [4.69, 9.17) is 21.1 Å². The van der Waals surface area contributed by atoms with Crippen LogP contribution in [-0.2, 0) is 27.4 Å². The number of carbonyl (C=O) groups excluding carboxylic acids is 2. The zero-order chi connectivity index (χ0) is 18.2. The zero-order valence-electron chi connectivity index (χ0n) is 14.1. The third-order valence-electron chi connectivity index (χ3n) is 3.56. The second-order valence-electron chi connectivity index (χ2n) is 5.49. The predicted molar refractivity (Wildman–Crippen MR) is 95.3 cm³/mol. The summed E-state index contributed by atoms with van der Waals surface area (Å²) in [6.07, 6.45) is -0.909. The standard InChI is InChI=1S/C19H20ClNO4/c1-13(18(22)21-11-16-5-3-4-6-17(16)20)25-19(23)15-9-7-14(8-10-15)12-24-2/h3-10,13H,11-12H2,1-2H3,(H,21,22). The van der Waals surface area contributed by atoms with Gasteiger partial charge in [0.2, 0.25) is 0 Å². The molecule has 0 radical (unpaired) electrons. The monoisotopic (exact) mass is 361 g/mol. The normalized spacial score (nSPS) is 11.6. The van der Waals surface area contributed by atoms with Crippen molar-refractivity contribution in [3.63, 3.8) is 0 Å². The van der Waals surface area contributed by atoms with Gasteiger partial charge in [0.05, 0.1) is 12.2 Å². The fourth-order valence-corrected chi connectivity index (χ4v) is 2.36. The molecule has 1 N–H and O–H groups in total. The highest BCUT2D eigenvalue weighted by molar-refractivity contribution is 6.31. The maximum atomic E-state index is 12.1. The van der Waals surface area contributed by atoms with Gasteiger partial charge in [-0.15, -0.1) is 0 Å². The molecule has 0 spiro atoms. The molecule has 2 aromatic carbocycles. The largest absolute Gasteiger partial charge is 0.449 e. The minimum absolute atomic E-state index is 0.270. The van der Waals surface area contributed by atoms with E-state index < -0.39 is 12.1 Å². The van der Waals surface area contributed by atoms with Gasteiger partial charge in [0, 0.05) is 18.7 Å². The second-order valence-corrected chi connectivity index (χ2v) is 5.89. The molecule has 0 saturated heterocycles. The van der Waals surface area contributed by atoms with E-state index in [1.54, 1.807) is 37.4 Å². The lowest BCUT2D eigenvalue weighted by Crippen LogP contribution is -2.35. The van der Waals surface area contributed by atoms with Gasteiger partial charge in [0.1, 0.15) is 0 Å². The molecular formula is C19H20ClNO4. The van der Waals surface area contributed by atoms with Crippen LogP contribution in [0.5, 0.6) is 0 Å². The first-order chi connectivity index (χ1) is 12.0. The van der Waals surface area contributed by atoms with E-state index >= 15 is 0 Å². The highest BCUT2D eigenvalue weighted by Gasteiger charge is 2.18. The number of nitrogens with one attached hydrogen (secondary N) is 1. The molecule has 0 aliphatic rings. The van der Waals surface area contributed by atoms with Gasteiger partial charge in [-0.3, -0.25) is 4.79 Å². The lowest BCUT2D eigenvalue weighted by atomic mass is 10.1. The molecule has 0 aromatic heterocycles.